The molecule has 3 aromatic rings. The predicted molar refractivity (Wildman–Crippen MR) is 103 cm³/mol. The van der Waals surface area contributed by atoms with Gasteiger partial charge in [-0.1, -0.05) is 30.3 Å². The molecule has 0 saturated carbocycles. The SMILES string of the molecule is O=C(NCCC(CCO)c1ccsc1)c1csc(-c2ccccc2)n1. The van der Waals surface area contributed by atoms with Gasteiger partial charge in [0.2, 0.25) is 0 Å². The summed E-state index contributed by atoms with van der Waals surface area (Å²) >= 11 is 3.13. The maximum Gasteiger partial charge on any atom is 0.270 e. The number of aromatic nitrogens is 1. The number of amides is 1. The summed E-state index contributed by atoms with van der Waals surface area (Å²) < 4.78 is 0. The molecule has 1 amide bonds. The number of thiophene rings is 1. The Morgan fingerprint density at radius 3 is 2.72 bits per heavy atom. The van der Waals surface area contributed by atoms with Crippen molar-refractivity contribution >= 4 is 28.6 Å². The molecule has 1 aromatic carbocycles. The van der Waals surface area contributed by atoms with Crippen LogP contribution in [0.15, 0.2) is 52.5 Å². The quantitative estimate of drug-likeness (QED) is 0.624. The lowest BCUT2D eigenvalue weighted by Crippen LogP contribution is -2.26. The second-order valence-electron chi connectivity index (χ2n) is 5.71. The van der Waals surface area contributed by atoms with E-state index in [9.17, 15) is 9.90 Å². The molecule has 25 heavy (non-hydrogen) atoms. The van der Waals surface area contributed by atoms with Crippen molar-refractivity contribution in [2.75, 3.05) is 13.2 Å². The summed E-state index contributed by atoms with van der Waals surface area (Å²) in [5, 5.41) is 19.0. The van der Waals surface area contributed by atoms with E-state index in [0.717, 1.165) is 17.0 Å². The predicted octanol–water partition coefficient (Wildman–Crippen LogP) is 4.16. The van der Waals surface area contributed by atoms with Gasteiger partial charge >= 0.3 is 0 Å². The van der Waals surface area contributed by atoms with E-state index in [4.69, 9.17) is 0 Å². The first-order valence-corrected chi connectivity index (χ1v) is 10.0. The second-order valence-corrected chi connectivity index (χ2v) is 7.35. The zero-order valence-electron chi connectivity index (χ0n) is 13.7. The van der Waals surface area contributed by atoms with Gasteiger partial charge in [-0.15, -0.1) is 11.3 Å². The minimum atomic E-state index is -0.147. The van der Waals surface area contributed by atoms with Crippen molar-refractivity contribution in [3.63, 3.8) is 0 Å². The monoisotopic (exact) mass is 372 g/mol. The molecule has 2 heterocycles. The Hall–Kier alpha value is -2.02. The van der Waals surface area contributed by atoms with Gasteiger partial charge in [0, 0.05) is 24.1 Å². The number of carbonyl (C=O) groups is 1. The molecule has 2 N–H and O–H groups in total. The first-order chi connectivity index (χ1) is 12.3. The number of aliphatic hydroxyl groups excluding tert-OH is 1. The highest BCUT2D eigenvalue weighted by Crippen LogP contribution is 2.25. The molecule has 0 aliphatic carbocycles. The number of rotatable bonds is 8. The molecule has 0 radical (unpaired) electrons. The molecule has 0 spiro atoms. The molecule has 0 saturated heterocycles. The zero-order valence-corrected chi connectivity index (χ0v) is 15.4. The van der Waals surface area contributed by atoms with Crippen LogP contribution >= 0.6 is 22.7 Å². The van der Waals surface area contributed by atoms with Gasteiger partial charge in [0.15, 0.2) is 0 Å². The molecule has 1 unspecified atom stereocenters. The van der Waals surface area contributed by atoms with Crippen LogP contribution in [-0.4, -0.2) is 29.1 Å². The van der Waals surface area contributed by atoms with Crippen LogP contribution in [0.1, 0.15) is 34.8 Å². The lowest BCUT2D eigenvalue weighted by atomic mass is 9.95. The van der Waals surface area contributed by atoms with Gasteiger partial charge in [-0.3, -0.25) is 4.79 Å². The number of nitrogens with zero attached hydrogens (tertiary/aromatic N) is 1. The van der Waals surface area contributed by atoms with Crippen molar-refractivity contribution in [1.82, 2.24) is 10.3 Å². The molecule has 0 bridgehead atoms. The minimum Gasteiger partial charge on any atom is -0.396 e. The van der Waals surface area contributed by atoms with Gasteiger partial charge in [0.05, 0.1) is 0 Å². The number of thiazole rings is 1. The summed E-state index contributed by atoms with van der Waals surface area (Å²) in [6.45, 7) is 0.721. The highest BCUT2D eigenvalue weighted by molar-refractivity contribution is 7.13. The number of carbonyl (C=O) groups excluding carboxylic acids is 1. The van der Waals surface area contributed by atoms with E-state index < -0.39 is 0 Å². The van der Waals surface area contributed by atoms with Crippen LogP contribution in [0.25, 0.3) is 10.6 Å². The van der Waals surface area contributed by atoms with E-state index in [2.05, 4.69) is 21.7 Å². The molecule has 4 nitrogen and oxygen atoms in total. The van der Waals surface area contributed by atoms with Crippen LogP contribution in [-0.2, 0) is 0 Å². The lowest BCUT2D eigenvalue weighted by molar-refractivity contribution is 0.0948. The Morgan fingerprint density at radius 2 is 2.00 bits per heavy atom. The first kappa shape index (κ1) is 17.8. The Labute approximate surface area is 155 Å². The lowest BCUT2D eigenvalue weighted by Gasteiger charge is -2.14. The van der Waals surface area contributed by atoms with E-state index >= 15 is 0 Å². The fourth-order valence-corrected chi connectivity index (χ4v) is 4.23. The van der Waals surface area contributed by atoms with Crippen LogP contribution in [0.2, 0.25) is 0 Å². The molecule has 0 aliphatic heterocycles. The van der Waals surface area contributed by atoms with Gasteiger partial charge < -0.3 is 10.4 Å². The molecule has 1 atom stereocenters. The first-order valence-electron chi connectivity index (χ1n) is 8.20. The van der Waals surface area contributed by atoms with Gasteiger partial charge in [-0.25, -0.2) is 4.98 Å². The molecule has 130 valence electrons. The van der Waals surface area contributed by atoms with Crippen LogP contribution in [0.5, 0.6) is 0 Å². The summed E-state index contributed by atoms with van der Waals surface area (Å²) in [5.74, 6) is 0.123. The molecule has 2 aromatic heterocycles. The standard InChI is InChI=1S/C19H20N2O2S2/c22-10-7-14(16-8-11-24-12-16)6-9-20-18(23)17-13-25-19(21-17)15-4-2-1-3-5-15/h1-5,8,11-14,22H,6-7,9-10H2,(H,20,23). The third-order valence-corrected chi connectivity index (χ3v) is 5.62. The van der Waals surface area contributed by atoms with Crippen LogP contribution < -0.4 is 5.32 Å². The third-order valence-electron chi connectivity index (χ3n) is 4.03. The van der Waals surface area contributed by atoms with Crippen molar-refractivity contribution in [3.05, 3.63) is 63.8 Å². The molecule has 6 heteroatoms. The summed E-state index contributed by atoms with van der Waals surface area (Å²) in [5.41, 5.74) is 2.71. The maximum atomic E-state index is 12.3. The highest BCUT2D eigenvalue weighted by atomic mass is 32.1. The maximum absolute atomic E-state index is 12.3. The average Bonchev–Trinajstić information content (AvgIpc) is 3.33. The fraction of sp³-hybridized carbons (Fsp3) is 0.263. The fourth-order valence-electron chi connectivity index (χ4n) is 2.68. The summed E-state index contributed by atoms with van der Waals surface area (Å²) in [6.07, 6.45) is 1.51. The van der Waals surface area contributed by atoms with Gasteiger partial charge in [0.1, 0.15) is 10.7 Å². The van der Waals surface area contributed by atoms with Crippen molar-refractivity contribution in [3.8, 4) is 10.6 Å². The van der Waals surface area contributed by atoms with Gasteiger partial charge in [0.25, 0.3) is 5.91 Å². The zero-order chi connectivity index (χ0) is 17.5. The number of benzene rings is 1. The van der Waals surface area contributed by atoms with E-state index in [1.54, 1.807) is 16.7 Å². The van der Waals surface area contributed by atoms with Crippen LogP contribution in [0.3, 0.4) is 0 Å². The van der Waals surface area contributed by atoms with Crippen LogP contribution in [0, 0.1) is 0 Å². The van der Waals surface area contributed by atoms with Crippen molar-refractivity contribution in [2.45, 2.75) is 18.8 Å². The molecule has 0 aliphatic rings. The molecular weight excluding hydrogens is 352 g/mol. The molecule has 0 fully saturated rings. The number of hydrogen-bond acceptors (Lipinski definition) is 5. The summed E-state index contributed by atoms with van der Waals surface area (Å²) in [7, 11) is 0. The van der Waals surface area contributed by atoms with E-state index in [1.807, 2.05) is 35.7 Å². The average molecular weight is 373 g/mol. The second kappa shape index (κ2) is 8.89. The van der Waals surface area contributed by atoms with Gasteiger partial charge in [-0.2, -0.15) is 11.3 Å². The van der Waals surface area contributed by atoms with Crippen LogP contribution in [0.4, 0.5) is 0 Å². The van der Waals surface area contributed by atoms with Crippen molar-refractivity contribution in [2.24, 2.45) is 0 Å². The Kier molecular flexibility index (Phi) is 6.33. The van der Waals surface area contributed by atoms with Crippen molar-refractivity contribution in [1.29, 1.82) is 0 Å². The number of nitrogens with one attached hydrogen (secondary N) is 1. The van der Waals surface area contributed by atoms with E-state index in [-0.39, 0.29) is 18.4 Å². The minimum absolute atomic E-state index is 0.147. The van der Waals surface area contributed by atoms with E-state index in [1.165, 1.54) is 16.9 Å². The van der Waals surface area contributed by atoms with Gasteiger partial charge in [-0.05, 0) is 41.1 Å². The smallest absolute Gasteiger partial charge is 0.270 e. The number of hydrogen-bond donors (Lipinski definition) is 2. The topological polar surface area (TPSA) is 62.2 Å². The molecule has 3 rings (SSSR count). The summed E-state index contributed by atoms with van der Waals surface area (Å²) in [6, 6.07) is 11.9. The Morgan fingerprint density at radius 1 is 1.16 bits per heavy atom. The normalized spacial score (nSPS) is 12.0. The Bertz CT molecular complexity index is 785. The summed E-state index contributed by atoms with van der Waals surface area (Å²) in [4.78, 5) is 16.7. The third kappa shape index (κ3) is 4.75. The van der Waals surface area contributed by atoms with E-state index in [0.29, 0.717) is 18.7 Å². The highest BCUT2D eigenvalue weighted by Gasteiger charge is 2.14. The number of aliphatic hydroxyl groups is 1. The molecular formula is C19H20N2O2S2. The largest absolute Gasteiger partial charge is 0.396 e. The Balaban J connectivity index is 1.55. The van der Waals surface area contributed by atoms with Crippen molar-refractivity contribution < 1.29 is 9.90 Å².